The molecule has 0 bridgehead atoms. The molecule has 1 N–H and O–H groups in total. The molecule has 2 heterocycles. The van der Waals surface area contributed by atoms with Crippen LogP contribution >= 0.6 is 0 Å². The first-order chi connectivity index (χ1) is 27.8. The average molecular weight is 918 g/mol. The summed E-state index contributed by atoms with van der Waals surface area (Å²) < 4.78 is 156. The number of nitrogens with zero attached hydrogens (tertiary/aromatic N) is 2. The molecular weight excluding hydrogens is 869 g/mol. The summed E-state index contributed by atoms with van der Waals surface area (Å²) in [6.07, 6.45) is 6.03. The third-order valence-corrected chi connectivity index (χ3v) is 14.0. The SMILES string of the molecule is COCCOCCN1/C(=C/C=C/C2=[N+](CCCCCC(=O)O)c3ccc(S(=O)(=O)[O-])cc3C2(C)CCCS(=O)(=O)[O-])C(C)(CCCS(=O)(=O)[O-])c2cc(S(=O)(=O)[O-])ccc21. The monoisotopic (exact) mass is 917 g/mol. The van der Waals surface area contributed by atoms with E-state index in [4.69, 9.17) is 14.6 Å². The van der Waals surface area contributed by atoms with E-state index in [0.717, 1.165) is 12.1 Å². The van der Waals surface area contributed by atoms with Crippen LogP contribution in [0.4, 0.5) is 11.4 Å². The van der Waals surface area contributed by atoms with Crippen LogP contribution < -0.4 is 4.90 Å². The number of methoxy groups -OCH3 is 1. The Morgan fingerprint density at radius 2 is 1.35 bits per heavy atom. The lowest BCUT2D eigenvalue weighted by molar-refractivity contribution is -0.438. The van der Waals surface area contributed by atoms with Gasteiger partial charge in [-0.1, -0.05) is 6.08 Å². The van der Waals surface area contributed by atoms with Crippen LogP contribution in [0, 0.1) is 0 Å². The third kappa shape index (κ3) is 12.5. The smallest absolute Gasteiger partial charge is 0.303 e. The van der Waals surface area contributed by atoms with Gasteiger partial charge in [0.25, 0.3) is 0 Å². The Kier molecular flexibility index (Phi) is 16.1. The lowest BCUT2D eigenvalue weighted by atomic mass is 9.75. The molecule has 4 rings (SSSR count). The molecule has 2 aliphatic rings. The van der Waals surface area contributed by atoms with Crippen molar-refractivity contribution in [3.8, 4) is 0 Å². The summed E-state index contributed by atoms with van der Waals surface area (Å²) in [6.45, 7) is 4.59. The first-order valence-corrected chi connectivity index (χ1v) is 25.0. The van der Waals surface area contributed by atoms with E-state index >= 15 is 0 Å². The van der Waals surface area contributed by atoms with Crippen molar-refractivity contribution in [3.05, 3.63) is 71.5 Å². The Morgan fingerprint density at radius 3 is 1.92 bits per heavy atom. The minimum atomic E-state index is -4.95. The maximum absolute atomic E-state index is 12.2. The summed E-state index contributed by atoms with van der Waals surface area (Å²) in [5.41, 5.74) is 0.379. The number of allylic oxidation sites excluding steroid dienone is 4. The van der Waals surface area contributed by atoms with Gasteiger partial charge in [0.2, 0.25) is 5.69 Å². The predicted molar refractivity (Wildman–Crippen MR) is 214 cm³/mol. The van der Waals surface area contributed by atoms with Gasteiger partial charge in [0, 0.05) is 72.5 Å². The number of ether oxygens (including phenoxy) is 2. The van der Waals surface area contributed by atoms with Crippen molar-refractivity contribution in [2.24, 2.45) is 0 Å². The molecule has 2 aromatic rings. The molecule has 0 saturated carbocycles. The van der Waals surface area contributed by atoms with Gasteiger partial charge in [0.05, 0.1) is 55.3 Å². The Bertz CT molecular complexity index is 2470. The zero-order chi connectivity index (χ0) is 44.7. The Hall–Kier alpha value is -3.58. The van der Waals surface area contributed by atoms with Crippen LogP contribution in [0.3, 0.4) is 0 Å². The normalized spacial score (nSPS) is 20.4. The summed E-state index contributed by atoms with van der Waals surface area (Å²) in [5.74, 6) is -2.42. The Labute approximate surface area is 351 Å². The van der Waals surface area contributed by atoms with Gasteiger partial charge in [-0.2, -0.15) is 4.58 Å². The van der Waals surface area contributed by atoms with Crippen LogP contribution in [0.15, 0.2) is 70.1 Å². The van der Waals surface area contributed by atoms with Crippen LogP contribution in [0.2, 0.25) is 0 Å². The standard InChI is InChI=1S/C38H52N2O16S4/c1-37(17-8-24-57(43,44)45)30-26-28(59(49,50)51)13-15-32(30)39(19-6-4-5-12-36(41)42)34(37)10-7-11-35-38(2,18-9-25-58(46,47)48)31-27-29(60(52,53)54)14-16-33(31)40(35)20-21-56-23-22-55-3/h7,10-11,13-16,26-27H,4-6,8-9,12,17-25H2,1-3H3,(H4-,41,42,43,44,45,46,47,48,49,50,51,52,53,54)/p-3. The van der Waals surface area contributed by atoms with Gasteiger partial charge >= 0.3 is 5.97 Å². The maximum Gasteiger partial charge on any atom is 0.303 e. The highest BCUT2D eigenvalue weighted by Crippen LogP contribution is 2.51. The quantitative estimate of drug-likeness (QED) is 0.0899. The van der Waals surface area contributed by atoms with Crippen molar-refractivity contribution in [3.63, 3.8) is 0 Å². The molecule has 0 radical (unpaired) electrons. The molecule has 0 amide bonds. The van der Waals surface area contributed by atoms with Gasteiger partial charge in [0.1, 0.15) is 26.8 Å². The van der Waals surface area contributed by atoms with E-state index in [1.54, 1.807) is 32.1 Å². The fourth-order valence-corrected chi connectivity index (χ4v) is 9.93. The number of aliphatic carboxylic acids is 1. The largest absolute Gasteiger partial charge is 0.748 e. The summed E-state index contributed by atoms with van der Waals surface area (Å²) >= 11 is 0. The van der Waals surface area contributed by atoms with Crippen molar-refractivity contribution < 1.29 is 75.8 Å². The molecule has 0 fully saturated rings. The topological polar surface area (TPSA) is 291 Å². The molecule has 60 heavy (non-hydrogen) atoms. The first kappa shape index (κ1) is 49.1. The van der Waals surface area contributed by atoms with Gasteiger partial charge in [0.15, 0.2) is 5.71 Å². The number of unbranched alkanes of at least 4 members (excludes halogenated alkanes) is 2. The Morgan fingerprint density at radius 1 is 0.767 bits per heavy atom. The number of anilines is 1. The van der Waals surface area contributed by atoms with E-state index in [1.165, 1.54) is 31.4 Å². The fourth-order valence-electron chi connectivity index (χ4n) is 7.94. The molecule has 2 aromatic carbocycles. The highest BCUT2D eigenvalue weighted by Gasteiger charge is 2.48. The molecule has 334 valence electrons. The highest BCUT2D eigenvalue weighted by molar-refractivity contribution is 7.86. The van der Waals surface area contributed by atoms with Crippen molar-refractivity contribution in [1.82, 2.24) is 0 Å². The van der Waals surface area contributed by atoms with E-state index in [9.17, 15) is 56.7 Å². The molecule has 2 aliphatic heterocycles. The van der Waals surface area contributed by atoms with Gasteiger partial charge in [-0.25, -0.2) is 33.7 Å². The molecule has 18 nitrogen and oxygen atoms in total. The number of carbonyl (C=O) groups is 1. The molecule has 0 saturated heterocycles. The van der Waals surface area contributed by atoms with Gasteiger partial charge in [-0.3, -0.25) is 4.79 Å². The second-order valence-electron chi connectivity index (χ2n) is 15.1. The highest BCUT2D eigenvalue weighted by atomic mass is 32.2. The van der Waals surface area contributed by atoms with Crippen LogP contribution in [0.5, 0.6) is 0 Å². The lowest BCUT2D eigenvalue weighted by Gasteiger charge is -2.31. The predicted octanol–water partition coefficient (Wildman–Crippen LogP) is 3.03. The Balaban J connectivity index is 1.93. The maximum atomic E-state index is 12.2. The third-order valence-electron chi connectivity index (χ3n) is 10.8. The molecule has 0 spiro atoms. The van der Waals surface area contributed by atoms with Crippen molar-refractivity contribution in [2.45, 2.75) is 85.8 Å². The number of hydrogen-bond acceptors (Lipinski definition) is 16. The minimum Gasteiger partial charge on any atom is -0.748 e. The summed E-state index contributed by atoms with van der Waals surface area (Å²) in [5, 5.41) is 9.15. The number of carboxylic acid groups (broad SMARTS) is 1. The molecule has 0 aromatic heterocycles. The van der Waals surface area contributed by atoms with Crippen LogP contribution in [-0.4, -0.2) is 125 Å². The lowest BCUT2D eigenvalue weighted by Crippen LogP contribution is -2.32. The van der Waals surface area contributed by atoms with E-state index in [2.05, 4.69) is 0 Å². The number of carboxylic acids is 1. The molecule has 0 aliphatic carbocycles. The minimum absolute atomic E-state index is 0.0137. The van der Waals surface area contributed by atoms with E-state index in [0.29, 0.717) is 59.8 Å². The molecule has 22 heteroatoms. The molecular formula is C38H49N2O16S4-3. The summed E-state index contributed by atoms with van der Waals surface area (Å²) in [4.78, 5) is 11.9. The van der Waals surface area contributed by atoms with Crippen molar-refractivity contribution in [2.75, 3.05) is 56.4 Å². The zero-order valence-corrected chi connectivity index (χ0v) is 36.7. The second kappa shape index (κ2) is 19.6. The van der Waals surface area contributed by atoms with Gasteiger partial charge < -0.3 is 37.7 Å². The van der Waals surface area contributed by atoms with Crippen molar-refractivity contribution in [1.29, 1.82) is 0 Å². The number of hydrogen-bond donors (Lipinski definition) is 1. The first-order valence-electron chi connectivity index (χ1n) is 19.0. The zero-order valence-electron chi connectivity index (χ0n) is 33.4. The van der Waals surface area contributed by atoms with Gasteiger partial charge in [-0.15, -0.1) is 0 Å². The second-order valence-corrected chi connectivity index (χ2v) is 20.9. The van der Waals surface area contributed by atoms with E-state index in [1.807, 2.05) is 9.48 Å². The average Bonchev–Trinajstić information content (AvgIpc) is 3.49. The van der Waals surface area contributed by atoms with E-state index in [-0.39, 0.29) is 58.4 Å². The summed E-state index contributed by atoms with van der Waals surface area (Å²) in [6, 6.07) is 7.68. The van der Waals surface area contributed by atoms with Gasteiger partial charge in [-0.05, 0) is 94.3 Å². The van der Waals surface area contributed by atoms with Crippen LogP contribution in [0.1, 0.15) is 76.3 Å². The number of fused-ring (bicyclic) bond motifs is 2. The van der Waals surface area contributed by atoms with Crippen LogP contribution in [-0.2, 0) is 65.6 Å². The number of benzene rings is 2. The fraction of sp³-hybridized carbons (Fsp3) is 0.526. The molecule has 2 atom stereocenters. The summed E-state index contributed by atoms with van der Waals surface area (Å²) in [7, 11) is -17.7. The van der Waals surface area contributed by atoms with Crippen molar-refractivity contribution >= 4 is 63.5 Å². The molecule has 2 unspecified atom stereocenters. The van der Waals surface area contributed by atoms with E-state index < -0.39 is 78.6 Å². The number of rotatable bonds is 24. The van der Waals surface area contributed by atoms with Crippen LogP contribution in [0.25, 0.3) is 0 Å².